The van der Waals surface area contributed by atoms with Crippen molar-refractivity contribution in [2.24, 2.45) is 5.41 Å². The van der Waals surface area contributed by atoms with E-state index in [0.29, 0.717) is 16.5 Å². The highest BCUT2D eigenvalue weighted by atomic mass is 35.5. The maximum atomic E-state index is 6.24. The Hall–Kier alpha value is -0.240. The van der Waals surface area contributed by atoms with Crippen molar-refractivity contribution < 1.29 is 0 Å². The van der Waals surface area contributed by atoms with Crippen LogP contribution in [0, 0.1) is 5.41 Å². The van der Waals surface area contributed by atoms with Crippen LogP contribution in [-0.4, -0.2) is 6.04 Å². The SMILES string of the molecule is CC(NC1CCC(C)(C)C1)c1ccc(Cl)cc1Cl. The summed E-state index contributed by atoms with van der Waals surface area (Å²) >= 11 is 12.2. The van der Waals surface area contributed by atoms with E-state index in [1.54, 1.807) is 0 Å². The van der Waals surface area contributed by atoms with Crippen molar-refractivity contribution in [3.8, 4) is 0 Å². The van der Waals surface area contributed by atoms with Crippen LogP contribution in [-0.2, 0) is 0 Å². The van der Waals surface area contributed by atoms with Gasteiger partial charge in [0.2, 0.25) is 0 Å². The fourth-order valence-electron chi connectivity index (χ4n) is 2.87. The molecule has 2 atom stereocenters. The minimum absolute atomic E-state index is 0.272. The van der Waals surface area contributed by atoms with Crippen LogP contribution in [0.5, 0.6) is 0 Å². The summed E-state index contributed by atoms with van der Waals surface area (Å²) in [5, 5.41) is 5.13. The summed E-state index contributed by atoms with van der Waals surface area (Å²) in [7, 11) is 0. The van der Waals surface area contributed by atoms with Crippen LogP contribution in [0.15, 0.2) is 18.2 Å². The molecule has 1 saturated carbocycles. The molecule has 0 bridgehead atoms. The van der Waals surface area contributed by atoms with Gasteiger partial charge in [0, 0.05) is 22.1 Å². The van der Waals surface area contributed by atoms with E-state index in [9.17, 15) is 0 Å². The summed E-state index contributed by atoms with van der Waals surface area (Å²) in [6.45, 7) is 6.85. The quantitative estimate of drug-likeness (QED) is 0.803. The van der Waals surface area contributed by atoms with Crippen molar-refractivity contribution in [1.29, 1.82) is 0 Å². The number of nitrogens with one attached hydrogen (secondary N) is 1. The Labute approximate surface area is 120 Å². The van der Waals surface area contributed by atoms with Crippen LogP contribution < -0.4 is 5.32 Å². The first-order chi connectivity index (χ1) is 8.37. The third-order valence-corrected chi connectivity index (χ3v) is 4.45. The molecule has 0 spiro atoms. The molecule has 100 valence electrons. The van der Waals surface area contributed by atoms with Gasteiger partial charge in [-0.1, -0.05) is 43.1 Å². The molecule has 1 aliphatic carbocycles. The Morgan fingerprint density at radius 2 is 2.06 bits per heavy atom. The second kappa shape index (κ2) is 5.40. The largest absolute Gasteiger partial charge is 0.307 e. The molecule has 1 aliphatic rings. The molecular weight excluding hydrogens is 265 g/mol. The van der Waals surface area contributed by atoms with E-state index in [-0.39, 0.29) is 6.04 Å². The molecule has 2 rings (SSSR count). The highest BCUT2D eigenvalue weighted by Gasteiger charge is 2.31. The molecule has 1 aromatic rings. The zero-order valence-corrected chi connectivity index (χ0v) is 12.8. The molecule has 18 heavy (non-hydrogen) atoms. The van der Waals surface area contributed by atoms with Crippen molar-refractivity contribution in [3.63, 3.8) is 0 Å². The monoisotopic (exact) mass is 285 g/mol. The molecule has 2 unspecified atom stereocenters. The zero-order chi connectivity index (χ0) is 13.3. The Balaban J connectivity index is 2.02. The van der Waals surface area contributed by atoms with Gasteiger partial charge in [-0.3, -0.25) is 0 Å². The van der Waals surface area contributed by atoms with E-state index in [0.717, 1.165) is 10.6 Å². The van der Waals surface area contributed by atoms with Gasteiger partial charge in [-0.25, -0.2) is 0 Å². The highest BCUT2D eigenvalue weighted by Crippen LogP contribution is 2.38. The summed E-state index contributed by atoms with van der Waals surface area (Å²) in [5.41, 5.74) is 1.60. The topological polar surface area (TPSA) is 12.0 Å². The smallest absolute Gasteiger partial charge is 0.0468 e. The van der Waals surface area contributed by atoms with Crippen molar-refractivity contribution in [2.75, 3.05) is 0 Å². The molecule has 0 aliphatic heterocycles. The van der Waals surface area contributed by atoms with Gasteiger partial charge in [0.15, 0.2) is 0 Å². The number of rotatable bonds is 3. The van der Waals surface area contributed by atoms with Crippen LogP contribution in [0.1, 0.15) is 51.6 Å². The summed E-state index contributed by atoms with van der Waals surface area (Å²) in [6.07, 6.45) is 3.79. The summed E-state index contributed by atoms with van der Waals surface area (Å²) in [5.74, 6) is 0. The highest BCUT2D eigenvalue weighted by molar-refractivity contribution is 6.35. The number of hydrogen-bond acceptors (Lipinski definition) is 1. The van der Waals surface area contributed by atoms with Gasteiger partial charge >= 0.3 is 0 Å². The predicted molar refractivity (Wildman–Crippen MR) is 79.4 cm³/mol. The molecule has 1 nitrogen and oxygen atoms in total. The van der Waals surface area contributed by atoms with Gasteiger partial charge in [-0.15, -0.1) is 0 Å². The molecule has 0 radical (unpaired) electrons. The van der Waals surface area contributed by atoms with E-state index in [1.165, 1.54) is 19.3 Å². The lowest BCUT2D eigenvalue weighted by molar-refractivity contribution is 0.356. The first-order valence-corrected chi connectivity index (χ1v) is 7.34. The molecule has 1 N–H and O–H groups in total. The zero-order valence-electron chi connectivity index (χ0n) is 11.3. The third kappa shape index (κ3) is 3.40. The predicted octanol–water partition coefficient (Wildman–Crippen LogP) is 5.22. The fraction of sp³-hybridized carbons (Fsp3) is 0.600. The lowest BCUT2D eigenvalue weighted by Crippen LogP contribution is -2.30. The van der Waals surface area contributed by atoms with E-state index >= 15 is 0 Å². The van der Waals surface area contributed by atoms with Gasteiger partial charge in [-0.2, -0.15) is 0 Å². The fourth-order valence-corrected chi connectivity index (χ4v) is 3.45. The van der Waals surface area contributed by atoms with E-state index in [4.69, 9.17) is 23.2 Å². The Bertz CT molecular complexity index is 429. The molecule has 1 fully saturated rings. The van der Waals surface area contributed by atoms with Crippen molar-refractivity contribution in [2.45, 2.75) is 52.1 Å². The molecule has 0 amide bonds. The van der Waals surface area contributed by atoms with Gasteiger partial charge in [0.25, 0.3) is 0 Å². The molecule has 0 aromatic heterocycles. The minimum Gasteiger partial charge on any atom is -0.307 e. The number of hydrogen-bond donors (Lipinski definition) is 1. The van der Waals surface area contributed by atoms with E-state index < -0.39 is 0 Å². The first kappa shape index (κ1) is 14.2. The van der Waals surface area contributed by atoms with Gasteiger partial charge in [-0.05, 0) is 49.3 Å². The average Bonchev–Trinajstić information content (AvgIpc) is 2.57. The molecule has 0 heterocycles. The third-order valence-electron chi connectivity index (χ3n) is 3.88. The van der Waals surface area contributed by atoms with E-state index in [1.807, 2.05) is 18.2 Å². The molecule has 0 saturated heterocycles. The van der Waals surface area contributed by atoms with Gasteiger partial charge in [0.1, 0.15) is 0 Å². The normalized spacial score (nSPS) is 24.2. The molecule has 1 aromatic carbocycles. The van der Waals surface area contributed by atoms with Gasteiger partial charge in [0.05, 0.1) is 0 Å². The first-order valence-electron chi connectivity index (χ1n) is 6.58. The average molecular weight is 286 g/mol. The minimum atomic E-state index is 0.272. The Kier molecular flexibility index (Phi) is 4.25. The van der Waals surface area contributed by atoms with Crippen LogP contribution in [0.4, 0.5) is 0 Å². The second-order valence-corrected chi connectivity index (χ2v) is 7.00. The lowest BCUT2D eigenvalue weighted by Gasteiger charge is -2.22. The van der Waals surface area contributed by atoms with Crippen LogP contribution >= 0.6 is 23.2 Å². The number of halogens is 2. The standard InChI is InChI=1S/C15H21Cl2N/c1-10(13-5-4-11(16)8-14(13)17)18-12-6-7-15(2,3)9-12/h4-5,8,10,12,18H,6-7,9H2,1-3H3. The van der Waals surface area contributed by atoms with Crippen molar-refractivity contribution in [3.05, 3.63) is 33.8 Å². The van der Waals surface area contributed by atoms with Crippen LogP contribution in [0.2, 0.25) is 10.0 Å². The van der Waals surface area contributed by atoms with Crippen LogP contribution in [0.25, 0.3) is 0 Å². The Morgan fingerprint density at radius 3 is 2.61 bits per heavy atom. The summed E-state index contributed by atoms with van der Waals surface area (Å²) < 4.78 is 0. The summed E-state index contributed by atoms with van der Waals surface area (Å²) in [4.78, 5) is 0. The van der Waals surface area contributed by atoms with Crippen molar-refractivity contribution in [1.82, 2.24) is 5.32 Å². The Morgan fingerprint density at radius 1 is 1.33 bits per heavy atom. The maximum Gasteiger partial charge on any atom is 0.0468 e. The van der Waals surface area contributed by atoms with Crippen LogP contribution in [0.3, 0.4) is 0 Å². The lowest BCUT2D eigenvalue weighted by atomic mass is 9.91. The summed E-state index contributed by atoms with van der Waals surface area (Å²) in [6, 6.07) is 6.60. The second-order valence-electron chi connectivity index (χ2n) is 6.16. The maximum absolute atomic E-state index is 6.24. The van der Waals surface area contributed by atoms with E-state index in [2.05, 4.69) is 26.1 Å². The number of benzene rings is 1. The molecular formula is C15H21Cl2N. The molecule has 3 heteroatoms. The van der Waals surface area contributed by atoms with Crippen molar-refractivity contribution >= 4 is 23.2 Å². The van der Waals surface area contributed by atoms with Gasteiger partial charge < -0.3 is 5.32 Å².